The number of rotatable bonds is 2. The van der Waals surface area contributed by atoms with E-state index in [1.807, 2.05) is 24.5 Å². The van der Waals surface area contributed by atoms with E-state index in [9.17, 15) is 14.4 Å². The summed E-state index contributed by atoms with van der Waals surface area (Å²) in [5.74, 6) is -0.889. The SMILES string of the molecule is CC(C)CC=C1C(=O)NC(=O)NC1=O. The molecule has 1 aliphatic heterocycles. The lowest BCUT2D eigenvalue weighted by molar-refractivity contribution is -0.124. The van der Waals surface area contributed by atoms with Crippen LogP contribution >= 0.6 is 0 Å². The zero-order valence-corrected chi connectivity index (χ0v) is 8.09. The molecule has 0 unspecified atom stereocenters. The zero-order chi connectivity index (χ0) is 10.7. The van der Waals surface area contributed by atoms with E-state index in [0.29, 0.717) is 12.3 Å². The van der Waals surface area contributed by atoms with Crippen molar-refractivity contribution in [2.24, 2.45) is 5.92 Å². The standard InChI is InChI=1S/C9H12N2O3/c1-5(2)3-4-6-7(12)10-9(14)11-8(6)13/h4-5H,3H2,1-2H3,(H2,10,11,12,13,14). The number of barbiturate groups is 1. The minimum absolute atomic E-state index is 0.0123. The van der Waals surface area contributed by atoms with Gasteiger partial charge < -0.3 is 0 Å². The maximum atomic E-state index is 11.2. The predicted octanol–water partition coefficient (Wildman–Crippen LogP) is 0.325. The Morgan fingerprint density at radius 2 is 1.64 bits per heavy atom. The molecule has 1 fully saturated rings. The Morgan fingerprint density at radius 1 is 1.14 bits per heavy atom. The van der Waals surface area contributed by atoms with Gasteiger partial charge in [-0.3, -0.25) is 20.2 Å². The summed E-state index contributed by atoms with van der Waals surface area (Å²) in [6.45, 7) is 3.95. The third-order valence-corrected chi connectivity index (χ3v) is 1.74. The van der Waals surface area contributed by atoms with Crippen LogP contribution in [0.3, 0.4) is 0 Å². The number of allylic oxidation sites excluding steroid dienone is 1. The molecule has 5 nitrogen and oxygen atoms in total. The second kappa shape index (κ2) is 4.04. The summed E-state index contributed by atoms with van der Waals surface area (Å²) in [7, 11) is 0. The van der Waals surface area contributed by atoms with Crippen molar-refractivity contribution in [3.05, 3.63) is 11.6 Å². The van der Waals surface area contributed by atoms with E-state index in [1.54, 1.807) is 6.08 Å². The van der Waals surface area contributed by atoms with Crippen LogP contribution in [0.2, 0.25) is 0 Å². The molecule has 1 heterocycles. The number of nitrogens with one attached hydrogen (secondary N) is 2. The summed E-state index contributed by atoms with van der Waals surface area (Å²) >= 11 is 0. The number of hydrogen-bond donors (Lipinski definition) is 2. The Kier molecular flexibility index (Phi) is 3.01. The summed E-state index contributed by atoms with van der Waals surface area (Å²) in [6, 6.07) is -0.762. The van der Waals surface area contributed by atoms with Crippen LogP contribution in [-0.2, 0) is 9.59 Å². The highest BCUT2D eigenvalue weighted by Crippen LogP contribution is 2.07. The van der Waals surface area contributed by atoms with Gasteiger partial charge in [0, 0.05) is 0 Å². The van der Waals surface area contributed by atoms with E-state index < -0.39 is 17.8 Å². The molecule has 0 aromatic rings. The van der Waals surface area contributed by atoms with E-state index in [4.69, 9.17) is 0 Å². The van der Waals surface area contributed by atoms with Gasteiger partial charge in [-0.25, -0.2) is 4.79 Å². The Balaban J connectivity index is 2.77. The molecular formula is C9H12N2O3. The van der Waals surface area contributed by atoms with Gasteiger partial charge in [0.15, 0.2) is 0 Å². The van der Waals surface area contributed by atoms with Crippen LogP contribution in [0, 0.1) is 5.92 Å². The van der Waals surface area contributed by atoms with Gasteiger partial charge in [0.25, 0.3) is 11.8 Å². The Labute approximate surface area is 81.5 Å². The van der Waals surface area contributed by atoms with Crippen LogP contribution in [0.25, 0.3) is 0 Å². The van der Waals surface area contributed by atoms with Gasteiger partial charge in [-0.05, 0) is 12.3 Å². The van der Waals surface area contributed by atoms with Crippen LogP contribution in [-0.4, -0.2) is 17.8 Å². The fourth-order valence-electron chi connectivity index (χ4n) is 1.01. The summed E-state index contributed by atoms with van der Waals surface area (Å²) in [4.78, 5) is 33.0. The molecule has 4 amide bonds. The number of imide groups is 2. The van der Waals surface area contributed by atoms with Crippen molar-refractivity contribution in [2.75, 3.05) is 0 Å². The van der Waals surface area contributed by atoms with Gasteiger partial charge in [0.2, 0.25) is 0 Å². The van der Waals surface area contributed by atoms with E-state index in [2.05, 4.69) is 0 Å². The third kappa shape index (κ3) is 2.42. The average molecular weight is 196 g/mol. The monoisotopic (exact) mass is 196 g/mol. The van der Waals surface area contributed by atoms with Gasteiger partial charge in [-0.2, -0.15) is 0 Å². The molecular weight excluding hydrogens is 184 g/mol. The lowest BCUT2D eigenvalue weighted by Gasteiger charge is -2.14. The molecule has 0 radical (unpaired) electrons. The van der Waals surface area contributed by atoms with Crippen LogP contribution < -0.4 is 10.6 Å². The molecule has 2 N–H and O–H groups in total. The first-order valence-electron chi connectivity index (χ1n) is 4.37. The van der Waals surface area contributed by atoms with E-state index in [-0.39, 0.29) is 5.57 Å². The highest BCUT2D eigenvalue weighted by Gasteiger charge is 2.27. The van der Waals surface area contributed by atoms with Crippen LogP contribution in [0.15, 0.2) is 11.6 Å². The van der Waals surface area contributed by atoms with Crippen molar-refractivity contribution in [1.29, 1.82) is 0 Å². The molecule has 0 saturated carbocycles. The van der Waals surface area contributed by atoms with Crippen molar-refractivity contribution >= 4 is 17.8 Å². The Bertz CT molecular complexity index is 296. The fraction of sp³-hybridized carbons (Fsp3) is 0.444. The van der Waals surface area contributed by atoms with Crippen LogP contribution in [0.4, 0.5) is 4.79 Å². The molecule has 5 heteroatoms. The number of carbonyl (C=O) groups is 3. The molecule has 0 atom stereocenters. The van der Waals surface area contributed by atoms with E-state index >= 15 is 0 Å². The van der Waals surface area contributed by atoms with Gasteiger partial charge in [0.1, 0.15) is 5.57 Å². The predicted molar refractivity (Wildman–Crippen MR) is 49.2 cm³/mol. The topological polar surface area (TPSA) is 75.3 Å². The van der Waals surface area contributed by atoms with Gasteiger partial charge in [-0.1, -0.05) is 19.9 Å². The second-order valence-corrected chi connectivity index (χ2v) is 3.48. The molecule has 0 bridgehead atoms. The van der Waals surface area contributed by atoms with Gasteiger partial charge in [0.05, 0.1) is 0 Å². The van der Waals surface area contributed by atoms with Gasteiger partial charge in [-0.15, -0.1) is 0 Å². The smallest absolute Gasteiger partial charge is 0.273 e. The minimum Gasteiger partial charge on any atom is -0.273 e. The minimum atomic E-state index is -0.762. The average Bonchev–Trinajstić information content (AvgIpc) is 2.01. The highest BCUT2D eigenvalue weighted by molar-refractivity contribution is 6.28. The Hall–Kier alpha value is -1.65. The number of urea groups is 1. The molecule has 1 rings (SSSR count). The molecule has 0 aromatic heterocycles. The van der Waals surface area contributed by atoms with Crippen molar-refractivity contribution < 1.29 is 14.4 Å². The first-order valence-corrected chi connectivity index (χ1v) is 4.37. The maximum absolute atomic E-state index is 11.2. The number of amides is 4. The first-order chi connectivity index (χ1) is 6.50. The number of carbonyl (C=O) groups excluding carboxylic acids is 3. The number of hydrogen-bond acceptors (Lipinski definition) is 3. The molecule has 1 aliphatic rings. The molecule has 14 heavy (non-hydrogen) atoms. The summed E-state index contributed by atoms with van der Waals surface area (Å²) in [6.07, 6.45) is 2.17. The van der Waals surface area contributed by atoms with Crippen molar-refractivity contribution in [3.8, 4) is 0 Å². The van der Waals surface area contributed by atoms with Crippen LogP contribution in [0.5, 0.6) is 0 Å². The van der Waals surface area contributed by atoms with E-state index in [0.717, 1.165) is 0 Å². The summed E-state index contributed by atoms with van der Waals surface area (Å²) in [5, 5.41) is 4.01. The normalized spacial score (nSPS) is 16.8. The van der Waals surface area contributed by atoms with E-state index in [1.165, 1.54) is 0 Å². The van der Waals surface area contributed by atoms with Crippen molar-refractivity contribution in [2.45, 2.75) is 20.3 Å². The van der Waals surface area contributed by atoms with Crippen LogP contribution in [0.1, 0.15) is 20.3 Å². The maximum Gasteiger partial charge on any atom is 0.328 e. The summed E-state index contributed by atoms with van der Waals surface area (Å²) < 4.78 is 0. The lowest BCUT2D eigenvalue weighted by atomic mass is 10.1. The lowest BCUT2D eigenvalue weighted by Crippen LogP contribution is -2.51. The fourth-order valence-corrected chi connectivity index (χ4v) is 1.01. The van der Waals surface area contributed by atoms with Crippen molar-refractivity contribution in [3.63, 3.8) is 0 Å². The highest BCUT2D eigenvalue weighted by atomic mass is 16.2. The first kappa shape index (κ1) is 10.4. The third-order valence-electron chi connectivity index (χ3n) is 1.74. The van der Waals surface area contributed by atoms with Crippen molar-refractivity contribution in [1.82, 2.24) is 10.6 Å². The molecule has 0 aromatic carbocycles. The quantitative estimate of drug-likeness (QED) is 0.493. The van der Waals surface area contributed by atoms with Gasteiger partial charge >= 0.3 is 6.03 Å². The largest absolute Gasteiger partial charge is 0.328 e. The molecule has 0 aliphatic carbocycles. The summed E-state index contributed by atoms with van der Waals surface area (Å²) in [5.41, 5.74) is 0.0123. The second-order valence-electron chi connectivity index (χ2n) is 3.48. The molecule has 0 spiro atoms. The Morgan fingerprint density at radius 3 is 2.07 bits per heavy atom. The molecule has 76 valence electrons. The molecule has 1 saturated heterocycles. The zero-order valence-electron chi connectivity index (χ0n) is 8.09.